The summed E-state index contributed by atoms with van der Waals surface area (Å²) in [4.78, 5) is 0. The van der Waals surface area contributed by atoms with E-state index in [9.17, 15) is 10.2 Å². The number of aliphatic hydroxyl groups is 1. The van der Waals surface area contributed by atoms with Gasteiger partial charge in [-0.25, -0.2) is 0 Å². The lowest BCUT2D eigenvalue weighted by Crippen LogP contribution is -2.05. The number of phenolic OH excluding ortho intramolecular Hbond substituents is 1. The molecule has 16 heavy (non-hydrogen) atoms. The smallest absolute Gasteiger partial charge is 0.164 e. The van der Waals surface area contributed by atoms with Crippen molar-refractivity contribution in [3.63, 3.8) is 0 Å². The minimum absolute atomic E-state index is 0.00689. The first-order valence-electron chi connectivity index (χ1n) is 5.12. The number of phenols is 1. The van der Waals surface area contributed by atoms with Crippen LogP contribution < -0.4 is 4.74 Å². The van der Waals surface area contributed by atoms with Crippen LogP contribution in [0.3, 0.4) is 0 Å². The zero-order chi connectivity index (χ0) is 12.5. The fourth-order valence-corrected chi connectivity index (χ4v) is 2.31. The van der Waals surface area contributed by atoms with Gasteiger partial charge in [-0.1, -0.05) is 22.9 Å². The topological polar surface area (TPSA) is 49.7 Å². The van der Waals surface area contributed by atoms with Gasteiger partial charge in [0.1, 0.15) is 0 Å². The van der Waals surface area contributed by atoms with Gasteiger partial charge in [0.25, 0.3) is 0 Å². The van der Waals surface area contributed by atoms with E-state index in [1.54, 1.807) is 0 Å². The summed E-state index contributed by atoms with van der Waals surface area (Å²) in [5.74, 6) is 0.473. The molecule has 0 bridgehead atoms. The summed E-state index contributed by atoms with van der Waals surface area (Å²) in [5.41, 5.74) is 2.54. The van der Waals surface area contributed by atoms with Crippen molar-refractivity contribution in [1.82, 2.24) is 0 Å². The van der Waals surface area contributed by atoms with E-state index in [0.717, 1.165) is 21.2 Å². The summed E-state index contributed by atoms with van der Waals surface area (Å²) in [6.45, 7) is 5.65. The first kappa shape index (κ1) is 13.3. The van der Waals surface area contributed by atoms with Crippen molar-refractivity contribution in [3.8, 4) is 11.5 Å². The summed E-state index contributed by atoms with van der Waals surface area (Å²) in [6, 6.07) is 0. The Hall–Kier alpha value is -0.740. The number of rotatable bonds is 3. The van der Waals surface area contributed by atoms with Gasteiger partial charge in [0, 0.05) is 28.1 Å². The molecule has 4 heteroatoms. The Morgan fingerprint density at radius 2 is 1.88 bits per heavy atom. The van der Waals surface area contributed by atoms with Crippen LogP contribution >= 0.6 is 15.9 Å². The van der Waals surface area contributed by atoms with Crippen LogP contribution in [0.2, 0.25) is 0 Å². The van der Waals surface area contributed by atoms with Gasteiger partial charge in [-0.2, -0.15) is 0 Å². The SMILES string of the molecule is COc1c(C)c(Br)c(C)c(C(C)CO)c1O. The summed E-state index contributed by atoms with van der Waals surface area (Å²) in [7, 11) is 1.53. The van der Waals surface area contributed by atoms with E-state index < -0.39 is 0 Å². The first-order valence-corrected chi connectivity index (χ1v) is 5.91. The molecule has 0 heterocycles. The van der Waals surface area contributed by atoms with E-state index >= 15 is 0 Å². The molecule has 1 atom stereocenters. The molecule has 0 aliphatic rings. The van der Waals surface area contributed by atoms with Crippen molar-refractivity contribution in [2.24, 2.45) is 0 Å². The van der Waals surface area contributed by atoms with Crippen LogP contribution in [0.15, 0.2) is 4.47 Å². The number of methoxy groups -OCH3 is 1. The van der Waals surface area contributed by atoms with Gasteiger partial charge >= 0.3 is 0 Å². The van der Waals surface area contributed by atoms with Crippen LogP contribution in [-0.4, -0.2) is 23.9 Å². The maximum absolute atomic E-state index is 10.1. The van der Waals surface area contributed by atoms with Gasteiger partial charge in [0.2, 0.25) is 0 Å². The lowest BCUT2D eigenvalue weighted by molar-refractivity contribution is 0.268. The van der Waals surface area contributed by atoms with E-state index in [1.165, 1.54) is 7.11 Å². The van der Waals surface area contributed by atoms with Crippen LogP contribution in [0.1, 0.15) is 29.5 Å². The zero-order valence-electron chi connectivity index (χ0n) is 9.97. The van der Waals surface area contributed by atoms with Crippen LogP contribution in [0.4, 0.5) is 0 Å². The molecule has 90 valence electrons. The Kier molecular flexibility index (Phi) is 4.21. The van der Waals surface area contributed by atoms with Gasteiger partial charge in [0.15, 0.2) is 11.5 Å². The lowest BCUT2D eigenvalue weighted by atomic mass is 9.93. The van der Waals surface area contributed by atoms with Crippen molar-refractivity contribution >= 4 is 15.9 Å². The predicted octanol–water partition coefficient (Wildman–Crippen LogP) is 2.88. The fourth-order valence-electron chi connectivity index (χ4n) is 1.92. The van der Waals surface area contributed by atoms with Crippen LogP contribution in [0.5, 0.6) is 11.5 Å². The van der Waals surface area contributed by atoms with Gasteiger partial charge in [0.05, 0.1) is 7.11 Å². The molecule has 0 spiro atoms. The Bertz CT molecular complexity index is 402. The molecule has 2 N–H and O–H groups in total. The van der Waals surface area contributed by atoms with E-state index in [-0.39, 0.29) is 18.3 Å². The van der Waals surface area contributed by atoms with Crippen molar-refractivity contribution in [3.05, 3.63) is 21.2 Å². The highest BCUT2D eigenvalue weighted by Crippen LogP contribution is 2.43. The highest BCUT2D eigenvalue weighted by Gasteiger charge is 2.21. The first-order chi connectivity index (χ1) is 7.45. The second-order valence-electron chi connectivity index (χ2n) is 3.94. The average Bonchev–Trinajstić information content (AvgIpc) is 2.27. The molecule has 1 aromatic carbocycles. The highest BCUT2D eigenvalue weighted by molar-refractivity contribution is 9.10. The van der Waals surface area contributed by atoms with Gasteiger partial charge in [-0.15, -0.1) is 0 Å². The van der Waals surface area contributed by atoms with Crippen LogP contribution in [0, 0.1) is 13.8 Å². The molecule has 0 saturated carbocycles. The molecule has 1 unspecified atom stereocenters. The normalized spacial score (nSPS) is 12.6. The standard InChI is InChI=1S/C12H17BrO3/c1-6(5-14)9-7(2)10(13)8(3)12(16-4)11(9)15/h6,14-15H,5H2,1-4H3. The third kappa shape index (κ3) is 2.04. The minimum atomic E-state index is -0.120. The molecule has 0 aliphatic carbocycles. The summed E-state index contributed by atoms with van der Waals surface area (Å²) in [6.07, 6.45) is 0. The average molecular weight is 289 g/mol. The van der Waals surface area contributed by atoms with E-state index in [4.69, 9.17) is 4.74 Å². The van der Waals surface area contributed by atoms with Gasteiger partial charge in [-0.05, 0) is 19.4 Å². The Balaban J connectivity index is 3.55. The molecule has 0 radical (unpaired) electrons. The van der Waals surface area contributed by atoms with E-state index in [2.05, 4.69) is 15.9 Å². The van der Waals surface area contributed by atoms with Crippen molar-refractivity contribution in [2.75, 3.05) is 13.7 Å². The maximum atomic E-state index is 10.1. The molecule has 1 aromatic rings. The molecule has 0 aliphatic heterocycles. The Morgan fingerprint density at radius 3 is 2.31 bits per heavy atom. The second-order valence-corrected chi connectivity index (χ2v) is 4.74. The fraction of sp³-hybridized carbons (Fsp3) is 0.500. The molecular weight excluding hydrogens is 272 g/mol. The molecule has 0 amide bonds. The van der Waals surface area contributed by atoms with Crippen LogP contribution in [0.25, 0.3) is 0 Å². The Morgan fingerprint density at radius 1 is 1.31 bits per heavy atom. The zero-order valence-corrected chi connectivity index (χ0v) is 11.6. The maximum Gasteiger partial charge on any atom is 0.164 e. The number of aliphatic hydroxyl groups excluding tert-OH is 1. The van der Waals surface area contributed by atoms with E-state index in [0.29, 0.717) is 5.75 Å². The highest BCUT2D eigenvalue weighted by atomic mass is 79.9. The summed E-state index contributed by atoms with van der Waals surface area (Å²) in [5, 5.41) is 19.3. The number of aromatic hydroxyl groups is 1. The molecule has 0 saturated heterocycles. The predicted molar refractivity (Wildman–Crippen MR) is 67.3 cm³/mol. The second kappa shape index (κ2) is 5.06. The quantitative estimate of drug-likeness (QED) is 0.899. The molecule has 0 fully saturated rings. The van der Waals surface area contributed by atoms with Crippen molar-refractivity contribution in [2.45, 2.75) is 26.7 Å². The minimum Gasteiger partial charge on any atom is -0.504 e. The summed E-state index contributed by atoms with van der Waals surface area (Å²) < 4.78 is 6.10. The molecule has 3 nitrogen and oxygen atoms in total. The van der Waals surface area contributed by atoms with Crippen molar-refractivity contribution in [1.29, 1.82) is 0 Å². The Labute approximate surface area is 104 Å². The molecule has 1 rings (SSSR count). The van der Waals surface area contributed by atoms with Gasteiger partial charge < -0.3 is 14.9 Å². The molecular formula is C12H17BrO3. The number of ether oxygens (including phenoxy) is 1. The third-order valence-electron chi connectivity index (χ3n) is 2.84. The monoisotopic (exact) mass is 288 g/mol. The molecule has 0 aromatic heterocycles. The van der Waals surface area contributed by atoms with Gasteiger partial charge in [-0.3, -0.25) is 0 Å². The lowest BCUT2D eigenvalue weighted by Gasteiger charge is -2.20. The number of benzene rings is 1. The number of hydrogen-bond donors (Lipinski definition) is 2. The van der Waals surface area contributed by atoms with Crippen LogP contribution in [-0.2, 0) is 0 Å². The number of halogens is 1. The van der Waals surface area contributed by atoms with E-state index in [1.807, 2.05) is 20.8 Å². The summed E-state index contributed by atoms with van der Waals surface area (Å²) >= 11 is 3.48. The largest absolute Gasteiger partial charge is 0.504 e. The van der Waals surface area contributed by atoms with Crippen molar-refractivity contribution < 1.29 is 14.9 Å². The number of hydrogen-bond acceptors (Lipinski definition) is 3. The third-order valence-corrected chi connectivity index (χ3v) is 4.03.